The number of allylic oxidation sites excluding steroid dienone is 1. The number of thiazole rings is 1. The van der Waals surface area contributed by atoms with E-state index in [1.54, 1.807) is 24.1 Å². The molecule has 12 nitrogen and oxygen atoms in total. The third kappa shape index (κ3) is 7.01. The number of hydrogen-bond acceptors (Lipinski definition) is 10. The standard InChI is InChI=1S/C37H44FN5O7S2/c1-20(2)28-19-51-34(40-28)27-17-30(24-12-13-29(49-4)31(38)32(24)39-27)50-22-15-25-26(16-22)35(45)43(3)14-8-6-5-7-9-21-18-37(21,41-33(25)44)36(46)42-52(47,48)23-10-11-23/h7,9,12-13,17,19-23,25-26H,5-6,8,10-11,14-16,18H2,1-4H3,(H,41,44)(H,42,46)/b9-7-/t21-,22-,25-,26-,37-/m1/s1. The number of rotatable bonds is 8. The summed E-state index contributed by atoms with van der Waals surface area (Å²) in [6.07, 6.45) is 7.08. The molecule has 3 heterocycles. The number of pyridine rings is 1. The second-order valence-electron chi connectivity index (χ2n) is 14.8. The van der Waals surface area contributed by atoms with Gasteiger partial charge in [0.1, 0.15) is 33.6 Å². The van der Waals surface area contributed by atoms with Gasteiger partial charge in [0.15, 0.2) is 11.6 Å². The molecule has 4 aliphatic rings. The van der Waals surface area contributed by atoms with Crippen molar-refractivity contribution in [1.29, 1.82) is 0 Å². The van der Waals surface area contributed by atoms with Gasteiger partial charge in [0.25, 0.3) is 5.91 Å². The van der Waals surface area contributed by atoms with Crippen molar-refractivity contribution in [3.05, 3.63) is 47.2 Å². The second kappa shape index (κ2) is 14.0. The van der Waals surface area contributed by atoms with Crippen LogP contribution in [0.25, 0.3) is 21.6 Å². The van der Waals surface area contributed by atoms with Gasteiger partial charge in [-0.15, -0.1) is 11.3 Å². The fraction of sp³-hybridized carbons (Fsp3) is 0.541. The average molecular weight is 754 g/mol. The summed E-state index contributed by atoms with van der Waals surface area (Å²) in [7, 11) is -0.753. The van der Waals surface area contributed by atoms with Crippen LogP contribution in [0.2, 0.25) is 0 Å². The van der Waals surface area contributed by atoms with Gasteiger partial charge in [-0.2, -0.15) is 0 Å². The monoisotopic (exact) mass is 753 g/mol. The predicted molar refractivity (Wildman–Crippen MR) is 194 cm³/mol. The number of nitrogens with zero attached hydrogens (tertiary/aromatic N) is 3. The Morgan fingerprint density at radius 1 is 1.13 bits per heavy atom. The van der Waals surface area contributed by atoms with Crippen molar-refractivity contribution < 1.29 is 36.7 Å². The van der Waals surface area contributed by atoms with Crippen LogP contribution in [0, 0.1) is 23.6 Å². The van der Waals surface area contributed by atoms with E-state index in [2.05, 4.69) is 15.0 Å². The topological polar surface area (TPSA) is 157 Å². The van der Waals surface area contributed by atoms with E-state index >= 15 is 4.39 Å². The van der Waals surface area contributed by atoms with E-state index in [9.17, 15) is 22.8 Å². The Hall–Kier alpha value is -4.11. The first-order chi connectivity index (χ1) is 24.8. The Morgan fingerprint density at radius 3 is 2.62 bits per heavy atom. The lowest BCUT2D eigenvalue weighted by molar-refractivity contribution is -0.140. The van der Waals surface area contributed by atoms with Crippen LogP contribution in [0.15, 0.2) is 35.7 Å². The number of ether oxygens (including phenoxy) is 2. The molecule has 0 radical (unpaired) electrons. The maximum absolute atomic E-state index is 15.7. The summed E-state index contributed by atoms with van der Waals surface area (Å²) in [6, 6.07) is 4.88. The minimum Gasteiger partial charge on any atom is -0.494 e. The molecule has 15 heteroatoms. The van der Waals surface area contributed by atoms with Crippen molar-refractivity contribution in [2.45, 2.75) is 88.0 Å². The molecule has 3 aromatic rings. The summed E-state index contributed by atoms with van der Waals surface area (Å²) in [4.78, 5) is 52.8. The Labute approximate surface area is 306 Å². The van der Waals surface area contributed by atoms with Gasteiger partial charge in [-0.3, -0.25) is 19.1 Å². The van der Waals surface area contributed by atoms with E-state index in [0.717, 1.165) is 25.0 Å². The van der Waals surface area contributed by atoms with Crippen LogP contribution in [-0.2, 0) is 24.4 Å². The number of carbonyl (C=O) groups excluding carboxylic acids is 3. The number of hydrogen-bond donors (Lipinski definition) is 2. The van der Waals surface area contributed by atoms with Crippen molar-refractivity contribution in [1.82, 2.24) is 24.9 Å². The van der Waals surface area contributed by atoms with Gasteiger partial charge in [0.05, 0.1) is 29.9 Å². The van der Waals surface area contributed by atoms with E-state index in [-0.39, 0.29) is 48.3 Å². The van der Waals surface area contributed by atoms with Gasteiger partial charge in [-0.05, 0) is 69.4 Å². The van der Waals surface area contributed by atoms with Gasteiger partial charge in [0, 0.05) is 36.3 Å². The second-order valence-corrected chi connectivity index (χ2v) is 17.6. The van der Waals surface area contributed by atoms with Crippen LogP contribution in [-0.4, -0.2) is 78.6 Å². The van der Waals surface area contributed by atoms with E-state index in [1.807, 2.05) is 31.4 Å². The zero-order valence-electron chi connectivity index (χ0n) is 29.7. The van der Waals surface area contributed by atoms with E-state index in [0.29, 0.717) is 41.2 Å². The maximum atomic E-state index is 15.7. The van der Waals surface area contributed by atoms with E-state index in [4.69, 9.17) is 14.5 Å². The van der Waals surface area contributed by atoms with Crippen LogP contribution in [0.4, 0.5) is 4.39 Å². The molecule has 5 atom stereocenters. The maximum Gasteiger partial charge on any atom is 0.259 e. The zero-order chi connectivity index (χ0) is 36.9. The zero-order valence-corrected chi connectivity index (χ0v) is 31.3. The summed E-state index contributed by atoms with van der Waals surface area (Å²) >= 11 is 1.39. The lowest BCUT2D eigenvalue weighted by Crippen LogP contribution is -2.54. The Kier molecular flexibility index (Phi) is 9.78. The number of carbonyl (C=O) groups is 3. The number of benzene rings is 1. The molecule has 0 spiro atoms. The fourth-order valence-corrected chi connectivity index (χ4v) is 9.62. The summed E-state index contributed by atoms with van der Waals surface area (Å²) in [5.74, 6) is -3.60. The number of amides is 3. The van der Waals surface area contributed by atoms with Crippen molar-refractivity contribution in [3.8, 4) is 22.2 Å². The molecule has 0 bridgehead atoms. The van der Waals surface area contributed by atoms with Gasteiger partial charge >= 0.3 is 0 Å². The quantitative estimate of drug-likeness (QED) is 0.300. The number of halogens is 1. The molecular weight excluding hydrogens is 710 g/mol. The normalized spacial score (nSPS) is 27.4. The Balaban J connectivity index is 1.21. The molecule has 2 N–H and O–H groups in total. The van der Waals surface area contributed by atoms with Gasteiger partial charge in [-0.25, -0.2) is 22.8 Å². The average Bonchev–Trinajstić information content (AvgIpc) is 3.98. The van der Waals surface area contributed by atoms with Crippen molar-refractivity contribution in [3.63, 3.8) is 0 Å². The highest BCUT2D eigenvalue weighted by molar-refractivity contribution is 7.91. The number of fused-ring (bicyclic) bond motifs is 3. The first kappa shape index (κ1) is 36.3. The first-order valence-electron chi connectivity index (χ1n) is 17.9. The highest BCUT2D eigenvalue weighted by Gasteiger charge is 2.62. The summed E-state index contributed by atoms with van der Waals surface area (Å²) in [5.41, 5.74) is -0.0992. The minimum atomic E-state index is -3.85. The molecule has 1 aliphatic heterocycles. The van der Waals surface area contributed by atoms with Crippen LogP contribution in [0.1, 0.15) is 76.8 Å². The van der Waals surface area contributed by atoms with Crippen molar-refractivity contribution in [2.75, 3.05) is 20.7 Å². The summed E-state index contributed by atoms with van der Waals surface area (Å²) in [6.45, 7) is 4.58. The van der Waals surface area contributed by atoms with E-state index in [1.165, 1.54) is 24.5 Å². The van der Waals surface area contributed by atoms with Crippen molar-refractivity contribution in [2.24, 2.45) is 17.8 Å². The smallest absolute Gasteiger partial charge is 0.259 e. The highest BCUT2D eigenvalue weighted by atomic mass is 32.2. The molecule has 3 saturated carbocycles. The molecule has 278 valence electrons. The third-order valence-electron chi connectivity index (χ3n) is 10.7. The number of aromatic nitrogens is 2. The molecular formula is C37H44FN5O7S2. The lowest BCUT2D eigenvalue weighted by atomic mass is 9.93. The summed E-state index contributed by atoms with van der Waals surface area (Å²) in [5, 5.41) is 5.24. The largest absolute Gasteiger partial charge is 0.494 e. The van der Waals surface area contributed by atoms with Gasteiger partial charge < -0.3 is 19.7 Å². The first-order valence-corrected chi connectivity index (χ1v) is 20.3. The van der Waals surface area contributed by atoms with E-state index < -0.39 is 56.4 Å². The molecule has 1 aromatic carbocycles. The number of sulfonamides is 1. The van der Waals surface area contributed by atoms with Gasteiger partial charge in [-0.1, -0.05) is 26.0 Å². The van der Waals surface area contributed by atoms with Gasteiger partial charge in [0.2, 0.25) is 21.8 Å². The number of nitrogens with one attached hydrogen (secondary N) is 2. The molecule has 3 amide bonds. The number of methoxy groups -OCH3 is 1. The fourth-order valence-electron chi connectivity index (χ4n) is 7.31. The Morgan fingerprint density at radius 2 is 1.90 bits per heavy atom. The molecule has 2 aromatic heterocycles. The van der Waals surface area contributed by atoms with Crippen LogP contribution in [0.5, 0.6) is 11.5 Å². The molecule has 0 unspecified atom stereocenters. The summed E-state index contributed by atoms with van der Waals surface area (Å²) < 4.78 is 55.3. The SMILES string of the molecule is COc1ccc2c(O[C@@H]3C[C@H]4C(=O)N[C@]5(C(=O)NS(=O)(=O)C6CC6)C[C@H]5/C=C\CCCCN(C)C(=O)[C@@H]4C3)cc(-c3nc(C(C)C)cs3)nc2c1F. The van der Waals surface area contributed by atoms with Crippen LogP contribution < -0.4 is 19.5 Å². The minimum absolute atomic E-state index is 0.0245. The molecule has 3 aliphatic carbocycles. The molecule has 0 saturated heterocycles. The third-order valence-corrected chi connectivity index (χ3v) is 13.4. The van der Waals surface area contributed by atoms with Crippen LogP contribution in [0.3, 0.4) is 0 Å². The Bertz CT molecular complexity index is 2050. The van der Waals surface area contributed by atoms with Crippen molar-refractivity contribution >= 4 is 50.0 Å². The lowest BCUT2D eigenvalue weighted by Gasteiger charge is -2.26. The molecule has 7 rings (SSSR count). The highest BCUT2D eigenvalue weighted by Crippen LogP contribution is 2.47. The van der Waals surface area contributed by atoms with Crippen LogP contribution >= 0.6 is 11.3 Å². The predicted octanol–water partition coefficient (Wildman–Crippen LogP) is 5.08. The molecule has 3 fully saturated rings. The molecule has 52 heavy (non-hydrogen) atoms.